The number of nitrogens with one attached hydrogen (secondary N) is 1. The minimum absolute atomic E-state index is 0.240. The maximum atomic E-state index is 11.0. The molecule has 0 aliphatic heterocycles. The first-order chi connectivity index (χ1) is 16.1. The Balaban J connectivity index is 3.27. The number of unbranched alkanes of at least 4 members (excludes halogenated alkanes) is 20. The first-order valence-electron chi connectivity index (χ1n) is 14.3. The Morgan fingerprint density at radius 1 is 0.697 bits per heavy atom. The van der Waals surface area contributed by atoms with Gasteiger partial charge in [-0.15, -0.1) is 0 Å². The van der Waals surface area contributed by atoms with Gasteiger partial charge < -0.3 is 15.5 Å². The van der Waals surface area contributed by atoms with Gasteiger partial charge in [-0.2, -0.15) is 0 Å². The SMILES string of the molecule is CCCCCCCCCCCCCCCCCCCCCC/C=C/C(O)C(CO)NC(C)=O. The first-order valence-corrected chi connectivity index (χ1v) is 14.3. The molecule has 0 aliphatic rings. The van der Waals surface area contributed by atoms with E-state index in [2.05, 4.69) is 12.2 Å². The lowest BCUT2D eigenvalue weighted by molar-refractivity contribution is -0.120. The molecule has 0 heterocycles. The van der Waals surface area contributed by atoms with Crippen molar-refractivity contribution >= 4 is 5.91 Å². The summed E-state index contributed by atoms with van der Waals surface area (Å²) in [6, 6.07) is -0.617. The fourth-order valence-electron chi connectivity index (χ4n) is 4.39. The van der Waals surface area contributed by atoms with E-state index >= 15 is 0 Å². The van der Waals surface area contributed by atoms with E-state index in [1.165, 1.54) is 129 Å². The molecule has 0 saturated heterocycles. The topological polar surface area (TPSA) is 69.6 Å². The fraction of sp³-hybridized carbons (Fsp3) is 0.897. The average molecular weight is 468 g/mol. The minimum Gasteiger partial charge on any atom is -0.394 e. The van der Waals surface area contributed by atoms with Crippen LogP contribution < -0.4 is 5.32 Å². The van der Waals surface area contributed by atoms with Crippen molar-refractivity contribution in [2.75, 3.05) is 6.61 Å². The van der Waals surface area contributed by atoms with Crippen molar-refractivity contribution in [3.8, 4) is 0 Å². The van der Waals surface area contributed by atoms with Crippen molar-refractivity contribution in [2.45, 2.75) is 161 Å². The molecule has 0 saturated carbocycles. The lowest BCUT2D eigenvalue weighted by Crippen LogP contribution is -2.44. The second-order valence-corrected chi connectivity index (χ2v) is 9.91. The van der Waals surface area contributed by atoms with Crippen LogP contribution in [-0.2, 0) is 4.79 Å². The van der Waals surface area contributed by atoms with Crippen LogP contribution in [0.2, 0.25) is 0 Å². The minimum atomic E-state index is -0.830. The van der Waals surface area contributed by atoms with Crippen molar-refractivity contribution < 1.29 is 15.0 Å². The summed E-state index contributed by atoms with van der Waals surface area (Å²) in [5, 5.41) is 21.7. The van der Waals surface area contributed by atoms with Gasteiger partial charge in [-0.25, -0.2) is 0 Å². The van der Waals surface area contributed by atoms with Gasteiger partial charge in [-0.3, -0.25) is 4.79 Å². The summed E-state index contributed by atoms with van der Waals surface area (Å²) in [7, 11) is 0. The van der Waals surface area contributed by atoms with E-state index < -0.39 is 12.1 Å². The molecular formula is C29H57NO3. The Morgan fingerprint density at radius 2 is 1.06 bits per heavy atom. The van der Waals surface area contributed by atoms with E-state index in [4.69, 9.17) is 0 Å². The molecule has 1 amide bonds. The molecule has 0 rings (SSSR count). The number of hydrogen-bond acceptors (Lipinski definition) is 3. The van der Waals surface area contributed by atoms with Gasteiger partial charge in [0.25, 0.3) is 0 Å². The van der Waals surface area contributed by atoms with Crippen LogP contribution in [0.4, 0.5) is 0 Å². The third-order valence-corrected chi connectivity index (χ3v) is 6.56. The lowest BCUT2D eigenvalue weighted by atomic mass is 10.0. The third-order valence-electron chi connectivity index (χ3n) is 6.56. The molecule has 0 fully saturated rings. The first kappa shape index (κ1) is 32.1. The molecule has 196 valence electrons. The number of aliphatic hydroxyl groups excluding tert-OH is 2. The zero-order chi connectivity index (χ0) is 24.4. The summed E-state index contributed by atoms with van der Waals surface area (Å²) in [4.78, 5) is 11.0. The van der Waals surface area contributed by atoms with Crippen molar-refractivity contribution in [2.24, 2.45) is 0 Å². The van der Waals surface area contributed by atoms with Gasteiger partial charge in [0, 0.05) is 6.92 Å². The van der Waals surface area contributed by atoms with Crippen LogP contribution >= 0.6 is 0 Å². The predicted octanol–water partition coefficient (Wildman–Crippen LogP) is 7.61. The summed E-state index contributed by atoms with van der Waals surface area (Å²) >= 11 is 0. The zero-order valence-corrected chi connectivity index (χ0v) is 22.2. The van der Waals surface area contributed by atoms with Crippen LogP contribution in [0.25, 0.3) is 0 Å². The maximum absolute atomic E-state index is 11.0. The molecule has 3 N–H and O–H groups in total. The van der Waals surface area contributed by atoms with Crippen molar-refractivity contribution in [1.82, 2.24) is 5.32 Å². The molecule has 0 aliphatic carbocycles. The van der Waals surface area contributed by atoms with Gasteiger partial charge in [-0.1, -0.05) is 141 Å². The molecule has 0 aromatic carbocycles. The van der Waals surface area contributed by atoms with Crippen molar-refractivity contribution in [1.29, 1.82) is 0 Å². The smallest absolute Gasteiger partial charge is 0.217 e. The predicted molar refractivity (Wildman–Crippen MR) is 142 cm³/mol. The Hall–Kier alpha value is -0.870. The summed E-state index contributed by atoms with van der Waals surface area (Å²) in [5.74, 6) is -0.240. The highest BCUT2D eigenvalue weighted by atomic mass is 16.3. The second-order valence-electron chi connectivity index (χ2n) is 9.91. The quantitative estimate of drug-likeness (QED) is 0.0955. The summed E-state index contributed by atoms with van der Waals surface area (Å²) in [5.41, 5.74) is 0. The Morgan fingerprint density at radius 3 is 1.39 bits per heavy atom. The zero-order valence-electron chi connectivity index (χ0n) is 22.2. The van der Waals surface area contributed by atoms with Crippen LogP contribution in [0.3, 0.4) is 0 Å². The lowest BCUT2D eigenvalue weighted by Gasteiger charge is -2.18. The molecular weight excluding hydrogens is 410 g/mol. The number of amides is 1. The van der Waals surface area contributed by atoms with Gasteiger partial charge in [0.2, 0.25) is 5.91 Å². The number of carbonyl (C=O) groups is 1. The monoisotopic (exact) mass is 467 g/mol. The molecule has 0 aromatic heterocycles. The van der Waals surface area contributed by atoms with Crippen molar-refractivity contribution in [3.05, 3.63) is 12.2 Å². The number of carbonyl (C=O) groups excluding carboxylic acids is 1. The van der Waals surface area contributed by atoms with Gasteiger partial charge >= 0.3 is 0 Å². The Kier molecular flexibility index (Phi) is 25.1. The van der Waals surface area contributed by atoms with E-state index in [9.17, 15) is 15.0 Å². The standard InChI is InChI=1S/C29H57NO3/c1-3-4-5-6-7-8-9-10-11-12-13-14-15-16-17-18-19-20-21-22-23-24-25-29(33)28(26-31)30-27(2)32/h24-25,28-29,31,33H,3-23,26H2,1-2H3,(H,30,32)/b25-24+. The van der Waals surface area contributed by atoms with Crippen LogP contribution in [0.1, 0.15) is 149 Å². The van der Waals surface area contributed by atoms with Gasteiger partial charge in [0.1, 0.15) is 0 Å². The highest BCUT2D eigenvalue weighted by molar-refractivity contribution is 5.73. The maximum Gasteiger partial charge on any atom is 0.217 e. The van der Waals surface area contributed by atoms with Gasteiger partial charge in [-0.05, 0) is 12.8 Å². The Labute approximate surface area is 206 Å². The molecule has 2 unspecified atom stereocenters. The molecule has 0 aromatic rings. The van der Waals surface area contributed by atoms with E-state index in [0.717, 1.165) is 12.8 Å². The summed E-state index contributed by atoms with van der Waals surface area (Å²) < 4.78 is 0. The van der Waals surface area contributed by atoms with Gasteiger partial charge in [0.15, 0.2) is 0 Å². The van der Waals surface area contributed by atoms with E-state index in [1.54, 1.807) is 6.08 Å². The molecule has 2 atom stereocenters. The third kappa shape index (κ3) is 24.1. The average Bonchev–Trinajstić information content (AvgIpc) is 2.80. The molecule has 4 heteroatoms. The molecule has 33 heavy (non-hydrogen) atoms. The van der Waals surface area contributed by atoms with Crippen LogP contribution in [0.15, 0.2) is 12.2 Å². The molecule has 0 radical (unpaired) electrons. The molecule has 0 spiro atoms. The number of allylic oxidation sites excluding steroid dienone is 1. The van der Waals surface area contributed by atoms with E-state index in [0.29, 0.717) is 0 Å². The highest BCUT2D eigenvalue weighted by Gasteiger charge is 2.15. The molecule has 0 bridgehead atoms. The summed E-state index contributed by atoms with van der Waals surface area (Å²) in [6.45, 7) is 3.41. The summed E-state index contributed by atoms with van der Waals surface area (Å²) in [6.07, 6.45) is 31.5. The normalized spacial score (nSPS) is 13.5. The van der Waals surface area contributed by atoms with Crippen molar-refractivity contribution in [3.63, 3.8) is 0 Å². The number of rotatable bonds is 25. The number of hydrogen-bond donors (Lipinski definition) is 3. The fourth-order valence-corrected chi connectivity index (χ4v) is 4.39. The largest absolute Gasteiger partial charge is 0.394 e. The van der Waals surface area contributed by atoms with Crippen LogP contribution in [0.5, 0.6) is 0 Å². The van der Waals surface area contributed by atoms with Gasteiger partial charge in [0.05, 0.1) is 18.8 Å². The van der Waals surface area contributed by atoms with E-state index in [-0.39, 0.29) is 12.5 Å². The molecule has 4 nitrogen and oxygen atoms in total. The Bertz CT molecular complexity index is 439. The van der Waals surface area contributed by atoms with Crippen LogP contribution in [0, 0.1) is 0 Å². The van der Waals surface area contributed by atoms with Crippen LogP contribution in [-0.4, -0.2) is 34.9 Å². The second kappa shape index (κ2) is 25.7. The number of aliphatic hydroxyl groups is 2. The highest BCUT2D eigenvalue weighted by Crippen LogP contribution is 2.15. The van der Waals surface area contributed by atoms with E-state index in [1.807, 2.05) is 6.08 Å².